The van der Waals surface area contributed by atoms with E-state index in [9.17, 15) is 26.4 Å². The Labute approximate surface area is 416 Å². The molecule has 2 aliphatic heterocycles. The molecule has 4 aromatic rings. The van der Waals surface area contributed by atoms with Crippen molar-refractivity contribution in [1.82, 2.24) is 29.9 Å². The fraction of sp³-hybridized carbons (Fsp3) is 0.551. The van der Waals surface area contributed by atoms with Crippen LogP contribution in [0.15, 0.2) is 81.2 Å². The zero-order chi connectivity index (χ0) is 47.2. The van der Waals surface area contributed by atoms with Gasteiger partial charge in [-0.2, -0.15) is 8.61 Å². The highest BCUT2D eigenvalue weighted by molar-refractivity contribution is 7.91. The van der Waals surface area contributed by atoms with Gasteiger partial charge in [-0.15, -0.1) is 22.7 Å². The van der Waals surface area contributed by atoms with Gasteiger partial charge >= 0.3 is 0 Å². The fourth-order valence-corrected chi connectivity index (χ4v) is 15.6. The number of halogens is 2. The van der Waals surface area contributed by atoms with Crippen molar-refractivity contribution in [2.24, 2.45) is 11.8 Å². The third-order valence-corrected chi connectivity index (χ3v) is 21.0. The predicted octanol–water partition coefficient (Wildman–Crippen LogP) is 9.70. The molecule has 0 radical (unpaired) electrons. The van der Waals surface area contributed by atoms with Crippen LogP contribution in [0.2, 0.25) is 10.0 Å². The van der Waals surface area contributed by atoms with Crippen molar-refractivity contribution in [3.8, 4) is 0 Å². The number of nitrogens with zero attached hydrogens (tertiary/aromatic N) is 2. The molecule has 4 N–H and O–H groups in total. The number of sulfonamides is 2. The Morgan fingerprint density at radius 3 is 1.36 bits per heavy atom. The summed E-state index contributed by atoms with van der Waals surface area (Å²) < 4.78 is 56.4. The monoisotopic (exact) mass is 1030 g/mol. The van der Waals surface area contributed by atoms with Crippen molar-refractivity contribution in [2.45, 2.75) is 130 Å². The van der Waals surface area contributed by atoms with E-state index in [1.807, 2.05) is 0 Å². The first kappa shape index (κ1) is 51.9. The molecule has 0 spiro atoms. The van der Waals surface area contributed by atoms with Gasteiger partial charge in [-0.1, -0.05) is 74.6 Å². The lowest BCUT2D eigenvalue weighted by atomic mass is 9.87. The Bertz CT molecular complexity index is 2400. The molecule has 4 fully saturated rings. The predicted molar refractivity (Wildman–Crippen MR) is 271 cm³/mol. The van der Waals surface area contributed by atoms with Crippen LogP contribution in [-0.2, 0) is 33.1 Å². The lowest BCUT2D eigenvalue weighted by molar-refractivity contribution is 0.0943. The molecular weight excluding hydrogens is 968 g/mol. The Morgan fingerprint density at radius 2 is 0.925 bits per heavy atom. The van der Waals surface area contributed by atoms with E-state index in [1.54, 1.807) is 81.4 Å². The molecule has 366 valence electrons. The summed E-state index contributed by atoms with van der Waals surface area (Å²) in [5, 5.41) is 14.2. The van der Waals surface area contributed by atoms with Crippen molar-refractivity contribution >= 4 is 77.7 Å². The molecule has 12 nitrogen and oxygen atoms in total. The molecule has 2 aromatic carbocycles. The van der Waals surface area contributed by atoms with Crippen LogP contribution in [0.25, 0.3) is 0 Å². The van der Waals surface area contributed by atoms with Crippen LogP contribution in [0.1, 0.15) is 127 Å². The normalized spacial score (nSPS) is 18.8. The maximum absolute atomic E-state index is 13.1. The van der Waals surface area contributed by atoms with Crippen LogP contribution in [0.3, 0.4) is 0 Å². The van der Waals surface area contributed by atoms with Crippen LogP contribution in [-0.4, -0.2) is 88.6 Å². The fourth-order valence-electron chi connectivity index (χ4n) is 9.47. The van der Waals surface area contributed by atoms with E-state index in [0.29, 0.717) is 67.9 Å². The van der Waals surface area contributed by atoms with E-state index in [4.69, 9.17) is 23.2 Å². The Kier molecular flexibility index (Phi) is 19.6. The summed E-state index contributed by atoms with van der Waals surface area (Å²) in [7, 11) is -7.00. The topological polar surface area (TPSA) is 157 Å². The van der Waals surface area contributed by atoms with Crippen molar-refractivity contribution in [3.05, 3.63) is 104 Å². The Morgan fingerprint density at radius 1 is 0.522 bits per heavy atom. The number of carbonyl (C=O) groups is 2. The molecule has 2 saturated carbocycles. The van der Waals surface area contributed by atoms with E-state index in [1.165, 1.54) is 93.3 Å². The summed E-state index contributed by atoms with van der Waals surface area (Å²) >= 11 is 14.2. The van der Waals surface area contributed by atoms with Crippen LogP contribution in [0, 0.1) is 11.8 Å². The number of carbonyl (C=O) groups excluding carboxylic acids is 2. The van der Waals surface area contributed by atoms with E-state index in [0.717, 1.165) is 60.4 Å². The van der Waals surface area contributed by atoms with Crippen LogP contribution >= 0.6 is 45.9 Å². The van der Waals surface area contributed by atoms with Crippen molar-refractivity contribution in [2.75, 3.05) is 39.3 Å². The maximum atomic E-state index is 13.1. The zero-order valence-corrected chi connectivity index (χ0v) is 43.0. The molecular formula is C49H66Cl2N6O6S4. The summed E-state index contributed by atoms with van der Waals surface area (Å²) in [6, 6.07) is 21.0. The van der Waals surface area contributed by atoms with E-state index in [-0.39, 0.29) is 24.9 Å². The van der Waals surface area contributed by atoms with Gasteiger partial charge < -0.3 is 21.3 Å². The second kappa shape index (κ2) is 25.3. The first-order valence-corrected chi connectivity index (χ1v) is 29.3. The molecule has 67 heavy (non-hydrogen) atoms. The van der Waals surface area contributed by atoms with Crippen molar-refractivity contribution in [1.29, 1.82) is 0 Å². The number of piperidine rings is 2. The minimum absolute atomic E-state index is 0.215. The molecule has 0 atom stereocenters. The summed E-state index contributed by atoms with van der Waals surface area (Å²) in [5.41, 5.74) is 1.03. The van der Waals surface area contributed by atoms with Gasteiger partial charge in [0.1, 0.15) is 8.42 Å². The summed E-state index contributed by atoms with van der Waals surface area (Å²) in [5.74, 6) is 1.22. The summed E-state index contributed by atoms with van der Waals surface area (Å²) in [6.07, 6.45) is 18.2. The lowest BCUT2D eigenvalue weighted by Crippen LogP contribution is -2.45. The second-order valence-corrected chi connectivity index (χ2v) is 25.9. The van der Waals surface area contributed by atoms with Crippen LogP contribution in [0.4, 0.5) is 0 Å². The van der Waals surface area contributed by atoms with Crippen molar-refractivity contribution in [3.63, 3.8) is 0 Å². The largest absolute Gasteiger partial charge is 0.347 e. The highest BCUT2D eigenvalue weighted by Gasteiger charge is 2.32. The minimum Gasteiger partial charge on any atom is -0.347 e. The van der Waals surface area contributed by atoms with Gasteiger partial charge in [0.05, 0.1) is 13.1 Å². The Balaban J connectivity index is 0.000000199. The van der Waals surface area contributed by atoms with E-state index < -0.39 is 20.0 Å². The lowest BCUT2D eigenvalue weighted by Gasteiger charge is -2.32. The molecule has 8 rings (SSSR count). The smallest absolute Gasteiger partial charge is 0.252 e. The SMILES string of the molecule is O=C(NCc1ccc(S(=O)(=O)N2CCC(NCC3CCCCC3)CC2)s1)c1ccc(Cl)cc1.O=C(NCc1ccc(S(=O)(=O)N2CCC(NCCC3CCCCC3)CC2)s1)c1ccc(Cl)cc1. The molecule has 4 heterocycles. The molecule has 0 unspecified atom stereocenters. The van der Waals surface area contributed by atoms with Crippen molar-refractivity contribution < 1.29 is 26.4 Å². The average Bonchev–Trinajstić information content (AvgIpc) is 4.05. The second-order valence-electron chi connectivity index (χ2n) is 18.3. The van der Waals surface area contributed by atoms with Gasteiger partial charge in [0.2, 0.25) is 0 Å². The number of rotatable bonds is 17. The summed E-state index contributed by atoms with van der Waals surface area (Å²) in [4.78, 5) is 26.2. The van der Waals surface area contributed by atoms with Gasteiger partial charge in [-0.3, -0.25) is 9.59 Å². The Hall–Kier alpha value is -2.90. The number of hydrogen-bond donors (Lipinski definition) is 4. The molecule has 2 aliphatic carbocycles. The first-order valence-electron chi connectivity index (χ1n) is 24.1. The number of nitrogens with one attached hydrogen (secondary N) is 4. The first-order chi connectivity index (χ1) is 32.3. The highest BCUT2D eigenvalue weighted by Crippen LogP contribution is 2.30. The van der Waals surface area contributed by atoms with Gasteiger partial charge in [0.15, 0.2) is 0 Å². The standard InChI is InChI=1S/C25H34ClN3O3S2.C24H32ClN3O3S2/c26-21-8-6-20(7-9-21)25(30)28-18-23-10-11-24(33-23)34(31,32)29-16-13-22(14-17-29)27-15-12-19-4-2-1-3-5-19;25-20-8-6-19(7-9-20)24(29)27-17-22-10-11-23(32-22)33(30,31)28-14-12-21(13-15-28)26-16-18-4-2-1-3-5-18/h6-11,19,22,27H,1-5,12-18H2,(H,28,30);6-11,18,21,26H,1-5,12-17H2,(H,27,29). The molecule has 18 heteroatoms. The van der Waals surface area contributed by atoms with Gasteiger partial charge in [0.25, 0.3) is 31.9 Å². The third kappa shape index (κ3) is 15.3. The average molecular weight is 1030 g/mol. The molecule has 4 aliphatic rings. The quantitative estimate of drug-likeness (QED) is 0.0815. The number of hydrogen-bond acceptors (Lipinski definition) is 10. The maximum Gasteiger partial charge on any atom is 0.252 e. The molecule has 2 amide bonds. The van der Waals surface area contributed by atoms with E-state index >= 15 is 0 Å². The molecule has 2 aromatic heterocycles. The number of thiophene rings is 2. The molecule has 2 saturated heterocycles. The van der Waals surface area contributed by atoms with Gasteiger partial charge in [0, 0.05) is 69.2 Å². The summed E-state index contributed by atoms with van der Waals surface area (Å²) in [6.45, 7) is 4.86. The third-order valence-electron chi connectivity index (χ3n) is 13.6. The van der Waals surface area contributed by atoms with Crippen LogP contribution in [0.5, 0.6) is 0 Å². The van der Waals surface area contributed by atoms with E-state index in [2.05, 4.69) is 21.3 Å². The zero-order valence-electron chi connectivity index (χ0n) is 38.2. The number of benzene rings is 2. The van der Waals surface area contributed by atoms with Crippen LogP contribution < -0.4 is 21.3 Å². The number of amides is 2. The van der Waals surface area contributed by atoms with Gasteiger partial charge in [-0.25, -0.2) is 16.8 Å². The van der Waals surface area contributed by atoms with Gasteiger partial charge in [-0.05, 0) is 143 Å². The highest BCUT2D eigenvalue weighted by atomic mass is 35.5. The molecule has 0 bridgehead atoms. The minimum atomic E-state index is -3.50.